The molecule has 0 atom stereocenters. The van der Waals surface area contributed by atoms with Crippen LogP contribution < -0.4 is 0 Å². The first-order chi connectivity index (χ1) is 13.8. The van der Waals surface area contributed by atoms with Gasteiger partial charge in [0, 0.05) is 12.0 Å². The van der Waals surface area contributed by atoms with E-state index in [1.807, 2.05) is 0 Å². The van der Waals surface area contributed by atoms with Gasteiger partial charge < -0.3 is 4.74 Å². The van der Waals surface area contributed by atoms with Gasteiger partial charge in [-0.15, -0.1) is 0 Å². The third kappa shape index (κ3) is 9.26. The van der Waals surface area contributed by atoms with E-state index in [0.29, 0.717) is 6.61 Å². The average Bonchev–Trinajstić information content (AvgIpc) is 2.71. The number of aryl methyl sites for hydroxylation is 1. The molecule has 0 aliphatic carbocycles. The Kier molecular flexibility index (Phi) is 12.0. The number of rotatable bonds is 16. The molecule has 0 bridgehead atoms. The van der Waals surface area contributed by atoms with Crippen LogP contribution in [0, 0.1) is 6.92 Å². The Morgan fingerprint density at radius 3 is 1.86 bits per heavy atom. The number of fused-ring (bicyclic) bond motifs is 1. The Morgan fingerprint density at radius 2 is 1.29 bits per heavy atom. The van der Waals surface area contributed by atoms with Crippen LogP contribution in [-0.2, 0) is 11.3 Å². The van der Waals surface area contributed by atoms with Crippen LogP contribution in [0.1, 0.15) is 121 Å². The van der Waals surface area contributed by atoms with Crippen LogP contribution >= 0.6 is 0 Å². The molecule has 1 aliphatic rings. The SMILES string of the molecule is CCCCCCCCCCCCCCCCCC1=Nc2c(C)cccc2CO1. The number of nitrogens with zero attached hydrogens (tertiary/aromatic N) is 1. The molecule has 0 fully saturated rings. The molecule has 2 nitrogen and oxygen atoms in total. The minimum Gasteiger partial charge on any atom is -0.476 e. The molecule has 158 valence electrons. The number of hydrogen-bond acceptors (Lipinski definition) is 2. The summed E-state index contributed by atoms with van der Waals surface area (Å²) in [6.45, 7) is 5.12. The standard InChI is InChI=1S/C26H43NO/c1-3-4-5-6-7-8-9-10-11-12-13-14-15-16-17-21-25-27-26-23(2)19-18-20-24(26)22-28-25/h18-20H,3-17,21-22H2,1-2H3. The third-order valence-electron chi connectivity index (χ3n) is 5.95. The van der Waals surface area contributed by atoms with E-state index in [4.69, 9.17) is 9.73 Å². The molecule has 28 heavy (non-hydrogen) atoms. The highest BCUT2D eigenvalue weighted by atomic mass is 16.5. The summed E-state index contributed by atoms with van der Waals surface area (Å²) in [5, 5.41) is 0. The van der Waals surface area contributed by atoms with Crippen LogP contribution in [-0.4, -0.2) is 5.90 Å². The number of para-hydroxylation sites is 1. The molecular formula is C26H43NO. The quantitative estimate of drug-likeness (QED) is 0.260. The smallest absolute Gasteiger partial charge is 0.188 e. The highest BCUT2D eigenvalue weighted by Gasteiger charge is 2.13. The first-order valence-corrected chi connectivity index (χ1v) is 12.1. The van der Waals surface area contributed by atoms with Crippen molar-refractivity contribution < 1.29 is 4.74 Å². The molecule has 0 unspecified atom stereocenters. The van der Waals surface area contributed by atoms with E-state index in [-0.39, 0.29) is 0 Å². The van der Waals surface area contributed by atoms with Crippen LogP contribution in [0.25, 0.3) is 0 Å². The summed E-state index contributed by atoms with van der Waals surface area (Å²) in [6.07, 6.45) is 22.1. The molecule has 1 aromatic carbocycles. The summed E-state index contributed by atoms with van der Waals surface area (Å²) in [5.74, 6) is 0.941. The molecular weight excluding hydrogens is 342 g/mol. The van der Waals surface area contributed by atoms with Crippen molar-refractivity contribution in [1.29, 1.82) is 0 Å². The van der Waals surface area contributed by atoms with Crippen LogP contribution in [0.4, 0.5) is 5.69 Å². The molecule has 1 aromatic rings. The minimum atomic E-state index is 0.689. The van der Waals surface area contributed by atoms with Gasteiger partial charge >= 0.3 is 0 Å². The molecule has 2 heteroatoms. The lowest BCUT2D eigenvalue weighted by Crippen LogP contribution is -2.10. The molecule has 2 rings (SSSR count). The zero-order chi connectivity index (χ0) is 19.9. The van der Waals surface area contributed by atoms with Gasteiger partial charge in [0.25, 0.3) is 0 Å². The van der Waals surface area contributed by atoms with E-state index in [0.717, 1.165) is 18.0 Å². The van der Waals surface area contributed by atoms with Crippen molar-refractivity contribution in [2.24, 2.45) is 4.99 Å². The zero-order valence-corrected chi connectivity index (χ0v) is 18.6. The van der Waals surface area contributed by atoms with Crippen molar-refractivity contribution in [3.63, 3.8) is 0 Å². The normalized spacial score (nSPS) is 13.1. The summed E-state index contributed by atoms with van der Waals surface area (Å²) in [5.41, 5.74) is 3.62. The van der Waals surface area contributed by atoms with Gasteiger partial charge in [-0.3, -0.25) is 0 Å². The zero-order valence-electron chi connectivity index (χ0n) is 18.6. The molecule has 0 amide bonds. The second kappa shape index (κ2) is 14.7. The number of ether oxygens (including phenoxy) is 1. The lowest BCUT2D eigenvalue weighted by molar-refractivity contribution is 0.276. The number of hydrogen-bond donors (Lipinski definition) is 0. The van der Waals surface area contributed by atoms with Crippen LogP contribution in [0.5, 0.6) is 0 Å². The summed E-state index contributed by atoms with van der Waals surface area (Å²) in [4.78, 5) is 4.74. The maximum absolute atomic E-state index is 5.83. The van der Waals surface area contributed by atoms with Gasteiger partial charge in [-0.05, 0) is 18.9 Å². The molecule has 1 heterocycles. The predicted molar refractivity (Wildman–Crippen MR) is 123 cm³/mol. The van der Waals surface area contributed by atoms with Crippen molar-refractivity contribution in [2.75, 3.05) is 0 Å². The molecule has 0 aromatic heterocycles. The van der Waals surface area contributed by atoms with Gasteiger partial charge in [-0.25, -0.2) is 4.99 Å². The molecule has 0 saturated heterocycles. The van der Waals surface area contributed by atoms with Gasteiger partial charge in [0.15, 0.2) is 5.90 Å². The van der Waals surface area contributed by atoms with Crippen LogP contribution in [0.3, 0.4) is 0 Å². The van der Waals surface area contributed by atoms with Crippen molar-refractivity contribution in [2.45, 2.75) is 123 Å². The fourth-order valence-corrected chi connectivity index (χ4v) is 4.09. The number of unbranched alkanes of at least 4 members (excludes halogenated alkanes) is 14. The Bertz CT molecular complexity index is 564. The molecule has 1 aliphatic heterocycles. The van der Waals surface area contributed by atoms with E-state index < -0.39 is 0 Å². The van der Waals surface area contributed by atoms with Crippen molar-refractivity contribution >= 4 is 11.6 Å². The maximum Gasteiger partial charge on any atom is 0.188 e. The van der Waals surface area contributed by atoms with Crippen LogP contribution in [0.2, 0.25) is 0 Å². The Labute approximate surface area is 174 Å². The summed E-state index contributed by atoms with van der Waals surface area (Å²) in [6, 6.07) is 6.35. The Balaban J connectivity index is 1.39. The molecule has 0 N–H and O–H groups in total. The summed E-state index contributed by atoms with van der Waals surface area (Å²) < 4.78 is 5.83. The van der Waals surface area contributed by atoms with Crippen LogP contribution in [0.15, 0.2) is 23.2 Å². The van der Waals surface area contributed by atoms with E-state index in [9.17, 15) is 0 Å². The highest BCUT2D eigenvalue weighted by Crippen LogP contribution is 2.29. The van der Waals surface area contributed by atoms with Gasteiger partial charge in [-0.2, -0.15) is 0 Å². The lowest BCUT2D eigenvalue weighted by atomic mass is 10.0. The third-order valence-corrected chi connectivity index (χ3v) is 5.95. The predicted octanol–water partition coefficient (Wildman–Crippen LogP) is 8.82. The second-order valence-corrected chi connectivity index (χ2v) is 8.58. The Morgan fingerprint density at radius 1 is 0.750 bits per heavy atom. The first-order valence-electron chi connectivity index (χ1n) is 12.1. The highest BCUT2D eigenvalue weighted by molar-refractivity contribution is 5.82. The van der Waals surface area contributed by atoms with Crippen molar-refractivity contribution in [3.05, 3.63) is 29.3 Å². The van der Waals surface area contributed by atoms with Crippen molar-refractivity contribution in [3.8, 4) is 0 Å². The topological polar surface area (TPSA) is 21.6 Å². The van der Waals surface area contributed by atoms with E-state index in [2.05, 4.69) is 32.0 Å². The van der Waals surface area contributed by atoms with E-state index >= 15 is 0 Å². The number of benzene rings is 1. The first kappa shape index (κ1) is 23.0. The van der Waals surface area contributed by atoms with Crippen molar-refractivity contribution in [1.82, 2.24) is 0 Å². The van der Waals surface area contributed by atoms with Gasteiger partial charge in [0.1, 0.15) is 6.61 Å². The maximum atomic E-state index is 5.83. The van der Waals surface area contributed by atoms with E-state index in [1.165, 1.54) is 107 Å². The molecule has 0 radical (unpaired) electrons. The van der Waals surface area contributed by atoms with Gasteiger partial charge in [0.05, 0.1) is 5.69 Å². The largest absolute Gasteiger partial charge is 0.476 e. The average molecular weight is 386 g/mol. The fraction of sp³-hybridized carbons (Fsp3) is 0.731. The monoisotopic (exact) mass is 385 g/mol. The fourth-order valence-electron chi connectivity index (χ4n) is 4.09. The lowest BCUT2D eigenvalue weighted by Gasteiger charge is -2.18. The summed E-state index contributed by atoms with van der Waals surface area (Å²) in [7, 11) is 0. The number of aliphatic imine (C=N–C) groups is 1. The molecule has 0 saturated carbocycles. The summed E-state index contributed by atoms with van der Waals surface area (Å²) >= 11 is 0. The second-order valence-electron chi connectivity index (χ2n) is 8.58. The Hall–Kier alpha value is -1.31. The molecule has 0 spiro atoms. The van der Waals surface area contributed by atoms with Gasteiger partial charge in [-0.1, -0.05) is 115 Å². The van der Waals surface area contributed by atoms with E-state index in [1.54, 1.807) is 0 Å². The van der Waals surface area contributed by atoms with Gasteiger partial charge in [0.2, 0.25) is 0 Å². The minimum absolute atomic E-state index is 0.689.